The van der Waals surface area contributed by atoms with Gasteiger partial charge in [0.2, 0.25) is 0 Å². The molecule has 0 amide bonds. The molecular weight excluding hydrogens is 733 g/mol. The van der Waals surface area contributed by atoms with Gasteiger partial charge in [-0.1, -0.05) is 212 Å². The summed E-state index contributed by atoms with van der Waals surface area (Å²) in [6.45, 7) is 0.485. The minimum atomic E-state index is -1.04. The molecule has 0 radical (unpaired) electrons. The molecule has 0 N–H and O–H groups in total. The Balaban J connectivity index is 1.32. The summed E-state index contributed by atoms with van der Waals surface area (Å²) in [5.41, 5.74) is 5.71. The van der Waals surface area contributed by atoms with Crippen LogP contribution in [0.3, 0.4) is 0 Å². The van der Waals surface area contributed by atoms with Crippen molar-refractivity contribution in [2.75, 3.05) is 13.2 Å². The van der Waals surface area contributed by atoms with Crippen LogP contribution in [-0.4, -0.2) is 37.6 Å². The van der Waals surface area contributed by atoms with Crippen molar-refractivity contribution in [3.63, 3.8) is 0 Å². The average Bonchev–Trinajstić information content (AvgIpc) is 3.32. The van der Waals surface area contributed by atoms with E-state index in [1.165, 1.54) is 0 Å². The quantitative estimate of drug-likeness (QED) is 0.0638. The summed E-state index contributed by atoms with van der Waals surface area (Å²) in [6, 6.07) is 70.7. The lowest BCUT2D eigenvalue weighted by atomic mass is 9.80. The van der Waals surface area contributed by atoms with E-state index in [9.17, 15) is 5.11 Å². The molecule has 4 atom stereocenters. The molecule has 7 aromatic carbocycles. The summed E-state index contributed by atoms with van der Waals surface area (Å²) < 4.78 is 34.8. The van der Waals surface area contributed by atoms with Gasteiger partial charge in [0.25, 0.3) is 0 Å². The molecule has 7 aromatic rings. The summed E-state index contributed by atoms with van der Waals surface area (Å²) >= 11 is 0. The zero-order valence-electron chi connectivity index (χ0n) is 33.2. The van der Waals surface area contributed by atoms with Crippen LogP contribution in [0.1, 0.15) is 38.9 Å². The second-order valence-electron chi connectivity index (χ2n) is 14.4. The molecule has 0 aliphatic carbocycles. The first-order valence-corrected chi connectivity index (χ1v) is 20.2. The topological polar surface area (TPSA) is 69.2 Å². The summed E-state index contributed by atoms with van der Waals surface area (Å²) in [5, 5.41) is 13.4. The molecular formula is C53H51O6-. The minimum Gasteiger partial charge on any atom is -0.853 e. The molecule has 0 saturated carbocycles. The minimum absolute atomic E-state index is 0.0699. The molecule has 6 nitrogen and oxygen atoms in total. The van der Waals surface area contributed by atoms with Gasteiger partial charge in [0.05, 0.1) is 39.1 Å². The molecule has 0 aromatic heterocycles. The van der Waals surface area contributed by atoms with Crippen LogP contribution in [0.5, 0.6) is 0 Å². The van der Waals surface area contributed by atoms with Gasteiger partial charge in [-0.05, 0) is 38.9 Å². The fourth-order valence-corrected chi connectivity index (χ4v) is 7.37. The molecule has 0 unspecified atom stereocenters. The Bertz CT molecular complexity index is 2080. The van der Waals surface area contributed by atoms with Crippen LogP contribution >= 0.6 is 0 Å². The van der Waals surface area contributed by atoms with Crippen LogP contribution in [0.25, 0.3) is 0 Å². The van der Waals surface area contributed by atoms with E-state index < -0.39 is 36.6 Å². The Morgan fingerprint density at radius 2 is 0.610 bits per heavy atom. The van der Waals surface area contributed by atoms with Gasteiger partial charge < -0.3 is 28.8 Å². The van der Waals surface area contributed by atoms with Crippen LogP contribution in [0.2, 0.25) is 0 Å². The maximum atomic E-state index is 13.4. The maximum absolute atomic E-state index is 13.4. The van der Waals surface area contributed by atoms with E-state index in [4.69, 9.17) is 23.7 Å². The highest BCUT2D eigenvalue weighted by molar-refractivity contribution is 5.47. The number of hydrogen-bond donors (Lipinski definition) is 0. The smallest absolute Gasteiger partial charge is 0.143 e. The normalized spacial score (nSPS) is 13.6. The van der Waals surface area contributed by atoms with Crippen LogP contribution in [0, 0.1) is 0 Å². The predicted molar refractivity (Wildman–Crippen MR) is 230 cm³/mol. The van der Waals surface area contributed by atoms with Gasteiger partial charge >= 0.3 is 0 Å². The Hall–Kier alpha value is -5.70. The molecule has 0 aliphatic heterocycles. The van der Waals surface area contributed by atoms with Crippen molar-refractivity contribution in [3.8, 4) is 0 Å². The van der Waals surface area contributed by atoms with Crippen molar-refractivity contribution >= 4 is 0 Å². The highest BCUT2D eigenvalue weighted by Crippen LogP contribution is 2.41. The lowest BCUT2D eigenvalue weighted by Crippen LogP contribution is -2.54. The average molecular weight is 784 g/mol. The number of benzene rings is 7. The van der Waals surface area contributed by atoms with Crippen LogP contribution in [-0.2, 0) is 55.7 Å². The van der Waals surface area contributed by atoms with Gasteiger partial charge in [0.15, 0.2) is 0 Å². The molecule has 7 rings (SSSR count). The molecule has 6 heteroatoms. The van der Waals surface area contributed by atoms with E-state index in [2.05, 4.69) is 36.4 Å². The molecule has 0 heterocycles. The maximum Gasteiger partial charge on any atom is 0.143 e. The van der Waals surface area contributed by atoms with Gasteiger partial charge in [0.1, 0.15) is 23.9 Å². The third-order valence-corrected chi connectivity index (χ3v) is 10.4. The van der Waals surface area contributed by atoms with E-state index in [0.29, 0.717) is 0 Å². The first-order valence-electron chi connectivity index (χ1n) is 20.2. The number of rotatable bonds is 22. The lowest BCUT2D eigenvalue weighted by molar-refractivity contribution is -0.396. The third kappa shape index (κ3) is 11.3. The standard InChI is InChI=1S/C53H51O6/c54-36-49(55-37-42-22-8-1-9-23-42)51(57-39-44-26-12-3-13-27-44)52(58-40-45-28-14-4-15-29-45)50(56-38-43-24-10-2-11-25-43)41-59-53(46-30-16-5-17-31-46,47-32-18-6-19-33-47)48-34-20-7-21-35-48/h1-35,49-52H,36-41H2/q-1/t49-,50-,51-,52-/m1/s1. The molecule has 0 saturated heterocycles. The van der Waals surface area contributed by atoms with Crippen LogP contribution in [0.4, 0.5) is 0 Å². The van der Waals surface area contributed by atoms with Crippen molar-refractivity contribution in [2.24, 2.45) is 0 Å². The fourth-order valence-electron chi connectivity index (χ4n) is 7.37. The van der Waals surface area contributed by atoms with Crippen molar-refractivity contribution < 1.29 is 28.8 Å². The largest absolute Gasteiger partial charge is 0.853 e. The van der Waals surface area contributed by atoms with E-state index in [1.807, 2.05) is 176 Å². The van der Waals surface area contributed by atoms with Crippen molar-refractivity contribution in [3.05, 3.63) is 251 Å². The van der Waals surface area contributed by atoms with Crippen molar-refractivity contribution in [2.45, 2.75) is 56.4 Å². The Labute approximate surface area is 348 Å². The van der Waals surface area contributed by atoms with Gasteiger partial charge in [-0.3, -0.25) is 0 Å². The van der Waals surface area contributed by atoms with Crippen molar-refractivity contribution in [1.29, 1.82) is 0 Å². The van der Waals surface area contributed by atoms with E-state index in [1.54, 1.807) is 0 Å². The summed E-state index contributed by atoms with van der Waals surface area (Å²) in [4.78, 5) is 0. The van der Waals surface area contributed by atoms with E-state index in [-0.39, 0.29) is 33.0 Å². The first kappa shape index (κ1) is 41.5. The number of ether oxygens (including phenoxy) is 5. The number of hydrogen-bond acceptors (Lipinski definition) is 6. The van der Waals surface area contributed by atoms with Gasteiger partial charge in [-0.25, -0.2) is 0 Å². The summed E-state index contributed by atoms with van der Waals surface area (Å²) in [7, 11) is 0. The second kappa shape index (κ2) is 21.9. The molecule has 0 spiro atoms. The predicted octanol–water partition coefficient (Wildman–Crippen LogP) is 9.70. The lowest BCUT2D eigenvalue weighted by Gasteiger charge is -2.41. The van der Waals surface area contributed by atoms with Gasteiger partial charge in [-0.2, -0.15) is 0 Å². The SMILES string of the molecule is [O-]C[C@@H](OCc1ccccc1)[C@@H](OCc1ccccc1)[C@H](OCc1ccccc1)[C@@H](COC(c1ccccc1)(c1ccccc1)c1ccccc1)OCc1ccccc1. The monoisotopic (exact) mass is 783 g/mol. The molecule has 59 heavy (non-hydrogen) atoms. The highest BCUT2D eigenvalue weighted by atomic mass is 16.6. The van der Waals surface area contributed by atoms with Gasteiger partial charge in [-0.15, -0.1) is 6.61 Å². The Morgan fingerprint density at radius 3 is 0.932 bits per heavy atom. The molecule has 0 aliphatic rings. The molecule has 0 fully saturated rings. The summed E-state index contributed by atoms with van der Waals surface area (Å²) in [6.07, 6.45) is -3.32. The second-order valence-corrected chi connectivity index (χ2v) is 14.4. The van der Waals surface area contributed by atoms with Crippen LogP contribution < -0.4 is 5.11 Å². The van der Waals surface area contributed by atoms with Crippen molar-refractivity contribution in [1.82, 2.24) is 0 Å². The van der Waals surface area contributed by atoms with Gasteiger partial charge in [0, 0.05) is 0 Å². The fraction of sp³-hybridized carbons (Fsp3) is 0.208. The zero-order valence-corrected chi connectivity index (χ0v) is 33.2. The van der Waals surface area contributed by atoms with E-state index in [0.717, 1.165) is 38.9 Å². The Morgan fingerprint density at radius 1 is 0.339 bits per heavy atom. The van der Waals surface area contributed by atoms with Crippen LogP contribution in [0.15, 0.2) is 212 Å². The zero-order chi connectivity index (χ0) is 40.4. The molecule has 0 bridgehead atoms. The Kier molecular flexibility index (Phi) is 15.4. The third-order valence-electron chi connectivity index (χ3n) is 10.4. The highest BCUT2D eigenvalue weighted by Gasteiger charge is 2.42. The molecule has 300 valence electrons. The van der Waals surface area contributed by atoms with E-state index >= 15 is 0 Å². The summed E-state index contributed by atoms with van der Waals surface area (Å²) in [5.74, 6) is 0. The first-order chi connectivity index (χ1) is 29.2.